The first-order chi connectivity index (χ1) is 9.20. The Hall–Kier alpha value is -0.830. The van der Waals surface area contributed by atoms with Crippen LogP contribution >= 0.6 is 0 Å². The van der Waals surface area contributed by atoms with Crippen LogP contribution in [0.25, 0.3) is 0 Å². The molecule has 1 fully saturated rings. The second kappa shape index (κ2) is 7.09. The minimum atomic E-state index is 0.683. The van der Waals surface area contributed by atoms with Crippen molar-refractivity contribution in [2.24, 2.45) is 18.9 Å². The average Bonchev–Trinajstić information content (AvgIpc) is 2.80. The lowest BCUT2D eigenvalue weighted by molar-refractivity contribution is 0.216. The van der Waals surface area contributed by atoms with E-state index in [1.54, 1.807) is 0 Å². The van der Waals surface area contributed by atoms with Crippen molar-refractivity contribution in [1.82, 2.24) is 15.1 Å². The number of rotatable bonds is 6. The molecule has 2 rings (SSSR count). The molecule has 0 spiro atoms. The Morgan fingerprint density at radius 1 is 1.47 bits per heavy atom. The quantitative estimate of drug-likeness (QED) is 0.854. The van der Waals surface area contributed by atoms with E-state index in [2.05, 4.69) is 30.3 Å². The summed E-state index contributed by atoms with van der Waals surface area (Å²) in [6, 6.07) is 2.83. The molecule has 3 nitrogen and oxygen atoms in total. The van der Waals surface area contributed by atoms with Gasteiger partial charge in [0.05, 0.1) is 0 Å². The molecular formula is C16H29N3. The Balaban J connectivity index is 1.90. The lowest BCUT2D eigenvalue weighted by Crippen LogP contribution is -2.38. The molecule has 3 unspecified atom stereocenters. The number of nitrogens with zero attached hydrogens (tertiary/aromatic N) is 2. The zero-order valence-electron chi connectivity index (χ0n) is 12.7. The van der Waals surface area contributed by atoms with Gasteiger partial charge in [-0.1, -0.05) is 26.7 Å². The molecule has 0 aliphatic heterocycles. The fraction of sp³-hybridized carbons (Fsp3) is 0.812. The Kier molecular flexibility index (Phi) is 5.44. The van der Waals surface area contributed by atoms with Gasteiger partial charge in [-0.15, -0.1) is 0 Å². The molecular weight excluding hydrogens is 234 g/mol. The molecule has 0 bridgehead atoms. The Morgan fingerprint density at radius 2 is 2.32 bits per heavy atom. The van der Waals surface area contributed by atoms with Gasteiger partial charge >= 0.3 is 0 Å². The maximum absolute atomic E-state index is 4.26. The molecule has 3 heteroatoms. The third kappa shape index (κ3) is 4.07. The summed E-state index contributed by atoms with van der Waals surface area (Å²) in [5.41, 5.74) is 1.35. The fourth-order valence-corrected chi connectivity index (χ4v) is 3.56. The molecule has 108 valence electrons. The third-order valence-electron chi connectivity index (χ3n) is 4.65. The molecule has 19 heavy (non-hydrogen) atoms. The Bertz CT molecular complexity index is 372. The maximum Gasteiger partial charge on any atom is 0.0492 e. The van der Waals surface area contributed by atoms with Crippen molar-refractivity contribution in [3.8, 4) is 0 Å². The summed E-state index contributed by atoms with van der Waals surface area (Å²) in [4.78, 5) is 0. The van der Waals surface area contributed by atoms with Crippen LogP contribution in [0.15, 0.2) is 12.3 Å². The molecule has 0 radical (unpaired) electrons. The van der Waals surface area contributed by atoms with Crippen molar-refractivity contribution in [3.63, 3.8) is 0 Å². The molecule has 3 atom stereocenters. The molecule has 1 heterocycles. The van der Waals surface area contributed by atoms with Gasteiger partial charge in [0.15, 0.2) is 0 Å². The lowest BCUT2D eigenvalue weighted by Gasteiger charge is -2.34. The van der Waals surface area contributed by atoms with E-state index >= 15 is 0 Å². The van der Waals surface area contributed by atoms with Gasteiger partial charge < -0.3 is 5.32 Å². The molecule has 0 saturated heterocycles. The number of aromatic nitrogens is 2. The van der Waals surface area contributed by atoms with E-state index in [0.717, 1.165) is 24.8 Å². The van der Waals surface area contributed by atoms with Gasteiger partial charge in [-0.2, -0.15) is 5.10 Å². The van der Waals surface area contributed by atoms with Crippen molar-refractivity contribution in [3.05, 3.63) is 18.0 Å². The van der Waals surface area contributed by atoms with Gasteiger partial charge in [0, 0.05) is 25.0 Å². The minimum Gasteiger partial charge on any atom is -0.314 e. The second-order valence-electron chi connectivity index (χ2n) is 6.18. The maximum atomic E-state index is 4.26. The molecule has 1 aliphatic carbocycles. The molecule has 1 aliphatic rings. The Labute approximate surface area is 117 Å². The highest BCUT2D eigenvalue weighted by atomic mass is 15.2. The number of nitrogens with one attached hydrogen (secondary N) is 1. The lowest BCUT2D eigenvalue weighted by atomic mass is 9.77. The molecule has 0 amide bonds. The first-order valence-corrected chi connectivity index (χ1v) is 7.91. The number of hydrogen-bond acceptors (Lipinski definition) is 2. The highest BCUT2D eigenvalue weighted by Crippen LogP contribution is 2.32. The highest BCUT2D eigenvalue weighted by molar-refractivity contribution is 5.00. The van der Waals surface area contributed by atoms with Gasteiger partial charge in [-0.3, -0.25) is 4.68 Å². The van der Waals surface area contributed by atoms with E-state index in [4.69, 9.17) is 0 Å². The summed E-state index contributed by atoms with van der Waals surface area (Å²) in [7, 11) is 2.04. The zero-order valence-corrected chi connectivity index (χ0v) is 12.7. The molecule has 1 N–H and O–H groups in total. The summed E-state index contributed by atoms with van der Waals surface area (Å²) >= 11 is 0. The highest BCUT2D eigenvalue weighted by Gasteiger charge is 2.26. The predicted molar refractivity (Wildman–Crippen MR) is 80.1 cm³/mol. The normalized spacial score (nSPS) is 25.4. The topological polar surface area (TPSA) is 29.9 Å². The van der Waals surface area contributed by atoms with Gasteiger partial charge in [0.1, 0.15) is 0 Å². The van der Waals surface area contributed by atoms with E-state index in [1.807, 2.05) is 17.9 Å². The first-order valence-electron chi connectivity index (χ1n) is 7.91. The second-order valence-corrected chi connectivity index (χ2v) is 6.18. The van der Waals surface area contributed by atoms with Crippen LogP contribution < -0.4 is 5.32 Å². The first kappa shape index (κ1) is 14.6. The summed E-state index contributed by atoms with van der Waals surface area (Å²) in [6.07, 6.45) is 9.94. The van der Waals surface area contributed by atoms with Crippen LogP contribution in [0.3, 0.4) is 0 Å². The number of aryl methyl sites for hydroxylation is 2. The third-order valence-corrected chi connectivity index (χ3v) is 4.65. The van der Waals surface area contributed by atoms with Gasteiger partial charge in [0.2, 0.25) is 0 Å². The van der Waals surface area contributed by atoms with Gasteiger partial charge in [0.25, 0.3) is 0 Å². The largest absolute Gasteiger partial charge is 0.314 e. The van der Waals surface area contributed by atoms with Crippen molar-refractivity contribution in [2.75, 3.05) is 6.54 Å². The van der Waals surface area contributed by atoms with E-state index in [0.29, 0.717) is 6.04 Å². The van der Waals surface area contributed by atoms with Crippen molar-refractivity contribution in [1.29, 1.82) is 0 Å². The van der Waals surface area contributed by atoms with Crippen LogP contribution in [0, 0.1) is 11.8 Å². The van der Waals surface area contributed by atoms with E-state index in [-0.39, 0.29) is 0 Å². The van der Waals surface area contributed by atoms with Gasteiger partial charge in [-0.05, 0) is 50.1 Å². The van der Waals surface area contributed by atoms with Crippen LogP contribution in [0.2, 0.25) is 0 Å². The minimum absolute atomic E-state index is 0.683. The monoisotopic (exact) mass is 263 g/mol. The van der Waals surface area contributed by atoms with Gasteiger partial charge in [-0.25, -0.2) is 0 Å². The predicted octanol–water partition coefficient (Wildman–Crippen LogP) is 3.16. The SMILES string of the molecule is CCNC(CCc1ccnn1C)C1CCCC(C)C1. The van der Waals surface area contributed by atoms with Crippen molar-refractivity contribution >= 4 is 0 Å². The molecule has 1 aromatic rings. The van der Waals surface area contributed by atoms with Crippen LogP contribution in [-0.4, -0.2) is 22.4 Å². The van der Waals surface area contributed by atoms with E-state index in [9.17, 15) is 0 Å². The molecule has 0 aromatic carbocycles. The van der Waals surface area contributed by atoms with Crippen molar-refractivity contribution < 1.29 is 0 Å². The standard InChI is InChI=1S/C16H29N3/c1-4-17-16(14-7-5-6-13(2)12-14)9-8-15-10-11-18-19(15)3/h10-11,13-14,16-17H,4-9,12H2,1-3H3. The summed E-state index contributed by atoms with van der Waals surface area (Å²) in [6.45, 7) is 5.72. The summed E-state index contributed by atoms with van der Waals surface area (Å²) in [5.74, 6) is 1.79. The van der Waals surface area contributed by atoms with E-state index < -0.39 is 0 Å². The zero-order chi connectivity index (χ0) is 13.7. The average molecular weight is 263 g/mol. The number of hydrogen-bond donors (Lipinski definition) is 1. The van der Waals surface area contributed by atoms with Crippen LogP contribution in [0.4, 0.5) is 0 Å². The molecule has 1 saturated carbocycles. The van der Waals surface area contributed by atoms with Crippen LogP contribution in [-0.2, 0) is 13.5 Å². The fourth-order valence-electron chi connectivity index (χ4n) is 3.56. The van der Waals surface area contributed by atoms with Crippen LogP contribution in [0.5, 0.6) is 0 Å². The molecule has 1 aromatic heterocycles. The van der Waals surface area contributed by atoms with Crippen LogP contribution in [0.1, 0.15) is 51.6 Å². The smallest absolute Gasteiger partial charge is 0.0492 e. The Morgan fingerprint density at radius 3 is 2.95 bits per heavy atom. The van der Waals surface area contributed by atoms with Crippen molar-refractivity contribution in [2.45, 2.75) is 58.4 Å². The van der Waals surface area contributed by atoms with E-state index in [1.165, 1.54) is 37.8 Å². The summed E-state index contributed by atoms with van der Waals surface area (Å²) < 4.78 is 2.01. The summed E-state index contributed by atoms with van der Waals surface area (Å²) in [5, 5.41) is 7.99.